The summed E-state index contributed by atoms with van der Waals surface area (Å²) in [5, 5.41) is 9.38. The largest absolute Gasteiger partial charge is 0.478 e. The number of amides is 1. The molecular weight excluding hydrogens is 261 g/mol. The molecule has 1 N–H and O–H groups in total. The van der Waals surface area contributed by atoms with Crippen LogP contribution in [0.15, 0.2) is 18.2 Å². The first-order valence-electron chi connectivity index (χ1n) is 6.92. The van der Waals surface area contributed by atoms with Gasteiger partial charge in [0.25, 0.3) is 5.91 Å². The molecule has 4 nitrogen and oxygen atoms in total. The zero-order chi connectivity index (χ0) is 14.7. The van der Waals surface area contributed by atoms with Crippen LogP contribution in [0.4, 0.5) is 4.39 Å². The Labute approximate surface area is 118 Å². The Balaban J connectivity index is 2.03. The van der Waals surface area contributed by atoms with Crippen LogP contribution < -0.4 is 4.74 Å². The molecule has 1 aromatic rings. The minimum absolute atomic E-state index is 0.0365. The van der Waals surface area contributed by atoms with E-state index >= 15 is 0 Å². The predicted octanol–water partition coefficient (Wildman–Crippen LogP) is 2.27. The number of halogens is 1. The highest BCUT2D eigenvalue weighted by molar-refractivity contribution is 5.81. The second-order valence-corrected chi connectivity index (χ2v) is 5.16. The van der Waals surface area contributed by atoms with Gasteiger partial charge in [0.15, 0.2) is 17.7 Å². The standard InChI is InChI=1S/C15H20FNO3/c1-10(18)12-5-6-14(13(16)9-12)20-11(2)15(19)17-7-3-4-8-17/h5-6,9-11,18H,3-4,7-8H2,1-2H3/t10-,11?/m0/s1. The maximum absolute atomic E-state index is 13.9. The third-order valence-electron chi connectivity index (χ3n) is 3.51. The number of benzene rings is 1. The lowest BCUT2D eigenvalue weighted by Gasteiger charge is -2.21. The molecule has 20 heavy (non-hydrogen) atoms. The van der Waals surface area contributed by atoms with Gasteiger partial charge in [0, 0.05) is 13.1 Å². The van der Waals surface area contributed by atoms with E-state index in [1.165, 1.54) is 12.1 Å². The van der Waals surface area contributed by atoms with E-state index in [9.17, 15) is 14.3 Å². The third-order valence-corrected chi connectivity index (χ3v) is 3.51. The lowest BCUT2D eigenvalue weighted by molar-refractivity contribution is -0.136. The molecule has 0 spiro atoms. The van der Waals surface area contributed by atoms with E-state index in [0.717, 1.165) is 25.9 Å². The fraction of sp³-hybridized carbons (Fsp3) is 0.533. The molecule has 2 atom stereocenters. The molecule has 0 saturated carbocycles. The van der Waals surface area contributed by atoms with Gasteiger partial charge in [-0.05, 0) is 44.4 Å². The number of ether oxygens (including phenoxy) is 1. The molecule has 0 bridgehead atoms. The molecule has 1 saturated heterocycles. The first kappa shape index (κ1) is 14.8. The van der Waals surface area contributed by atoms with Gasteiger partial charge in [-0.3, -0.25) is 4.79 Å². The summed E-state index contributed by atoms with van der Waals surface area (Å²) in [5.41, 5.74) is 0.480. The van der Waals surface area contributed by atoms with Gasteiger partial charge < -0.3 is 14.7 Å². The molecule has 1 unspecified atom stereocenters. The predicted molar refractivity (Wildman–Crippen MR) is 72.9 cm³/mol. The number of carbonyl (C=O) groups is 1. The molecule has 110 valence electrons. The van der Waals surface area contributed by atoms with Crippen molar-refractivity contribution in [2.45, 2.75) is 38.9 Å². The van der Waals surface area contributed by atoms with Crippen LogP contribution in [0, 0.1) is 5.82 Å². The average molecular weight is 281 g/mol. The summed E-state index contributed by atoms with van der Waals surface area (Å²) in [6.45, 7) is 4.68. The highest BCUT2D eigenvalue weighted by Crippen LogP contribution is 2.23. The van der Waals surface area contributed by atoms with E-state index in [4.69, 9.17) is 4.74 Å². The van der Waals surface area contributed by atoms with Crippen LogP contribution in [0.25, 0.3) is 0 Å². The minimum atomic E-state index is -0.734. The van der Waals surface area contributed by atoms with E-state index in [-0.39, 0.29) is 11.7 Å². The summed E-state index contributed by atoms with van der Waals surface area (Å²) in [6, 6.07) is 4.27. The van der Waals surface area contributed by atoms with Gasteiger partial charge >= 0.3 is 0 Å². The van der Waals surface area contributed by atoms with Crippen molar-refractivity contribution in [2.75, 3.05) is 13.1 Å². The topological polar surface area (TPSA) is 49.8 Å². The number of likely N-dealkylation sites (tertiary alicyclic amines) is 1. The second-order valence-electron chi connectivity index (χ2n) is 5.16. The summed E-state index contributed by atoms with van der Waals surface area (Å²) >= 11 is 0. The smallest absolute Gasteiger partial charge is 0.263 e. The fourth-order valence-corrected chi connectivity index (χ4v) is 2.31. The molecule has 1 aromatic carbocycles. The number of nitrogens with zero attached hydrogens (tertiary/aromatic N) is 1. The molecular formula is C15H20FNO3. The molecule has 0 aliphatic carbocycles. The lowest BCUT2D eigenvalue weighted by atomic mass is 10.1. The number of aliphatic hydroxyl groups excluding tert-OH is 1. The maximum atomic E-state index is 13.9. The van der Waals surface area contributed by atoms with Crippen LogP contribution in [-0.2, 0) is 4.79 Å². The van der Waals surface area contributed by atoms with Crippen molar-refractivity contribution in [1.82, 2.24) is 4.90 Å². The quantitative estimate of drug-likeness (QED) is 0.921. The second kappa shape index (κ2) is 6.22. The van der Waals surface area contributed by atoms with Gasteiger partial charge in [-0.15, -0.1) is 0 Å². The van der Waals surface area contributed by atoms with Gasteiger partial charge in [-0.25, -0.2) is 4.39 Å². The summed E-state index contributed by atoms with van der Waals surface area (Å²) < 4.78 is 19.3. The first-order valence-corrected chi connectivity index (χ1v) is 6.92. The normalized spacial score (nSPS) is 17.9. The molecule has 1 aliphatic rings. The Hall–Kier alpha value is -1.62. The zero-order valence-corrected chi connectivity index (χ0v) is 11.8. The molecule has 2 rings (SSSR count). The molecule has 1 aliphatic heterocycles. The van der Waals surface area contributed by atoms with Crippen molar-refractivity contribution in [3.05, 3.63) is 29.6 Å². The highest BCUT2D eigenvalue weighted by atomic mass is 19.1. The van der Waals surface area contributed by atoms with Crippen LogP contribution in [0.3, 0.4) is 0 Å². The minimum Gasteiger partial charge on any atom is -0.478 e. The van der Waals surface area contributed by atoms with E-state index in [1.54, 1.807) is 24.8 Å². The van der Waals surface area contributed by atoms with Crippen molar-refractivity contribution in [3.63, 3.8) is 0 Å². The maximum Gasteiger partial charge on any atom is 0.263 e. The fourth-order valence-electron chi connectivity index (χ4n) is 2.31. The molecule has 1 heterocycles. The lowest BCUT2D eigenvalue weighted by Crippen LogP contribution is -2.38. The van der Waals surface area contributed by atoms with Crippen LogP contribution in [0.2, 0.25) is 0 Å². The summed E-state index contributed by atoms with van der Waals surface area (Å²) in [4.78, 5) is 13.8. The average Bonchev–Trinajstić information content (AvgIpc) is 2.93. The zero-order valence-electron chi connectivity index (χ0n) is 11.8. The Bertz CT molecular complexity index is 484. The number of hydrogen-bond acceptors (Lipinski definition) is 3. The van der Waals surface area contributed by atoms with E-state index in [0.29, 0.717) is 5.56 Å². The number of hydrogen-bond donors (Lipinski definition) is 1. The van der Waals surface area contributed by atoms with Gasteiger partial charge in [0.05, 0.1) is 6.10 Å². The summed E-state index contributed by atoms with van der Waals surface area (Å²) in [6.07, 6.45) is 0.577. The summed E-state index contributed by atoms with van der Waals surface area (Å²) in [7, 11) is 0. The van der Waals surface area contributed by atoms with Crippen LogP contribution in [-0.4, -0.2) is 35.1 Å². The van der Waals surface area contributed by atoms with E-state index in [1.807, 2.05) is 0 Å². The van der Waals surface area contributed by atoms with Crippen molar-refractivity contribution in [1.29, 1.82) is 0 Å². The first-order chi connectivity index (χ1) is 9.49. The van der Waals surface area contributed by atoms with Gasteiger partial charge in [0.2, 0.25) is 0 Å². The van der Waals surface area contributed by atoms with Crippen LogP contribution in [0.5, 0.6) is 5.75 Å². The van der Waals surface area contributed by atoms with Crippen molar-refractivity contribution >= 4 is 5.91 Å². The van der Waals surface area contributed by atoms with Crippen LogP contribution >= 0.6 is 0 Å². The van der Waals surface area contributed by atoms with Crippen molar-refractivity contribution < 1.29 is 19.0 Å². The molecule has 1 fully saturated rings. The third kappa shape index (κ3) is 3.28. The highest BCUT2D eigenvalue weighted by Gasteiger charge is 2.25. The van der Waals surface area contributed by atoms with Gasteiger partial charge in [0.1, 0.15) is 0 Å². The number of carbonyl (C=O) groups excluding carboxylic acids is 1. The monoisotopic (exact) mass is 281 g/mol. The molecule has 0 radical (unpaired) electrons. The SMILES string of the molecule is CC(Oc1ccc([C@H](C)O)cc1F)C(=O)N1CCCC1. The Kier molecular flexibility index (Phi) is 4.60. The Morgan fingerprint density at radius 3 is 2.55 bits per heavy atom. The van der Waals surface area contributed by atoms with Crippen molar-refractivity contribution in [3.8, 4) is 5.75 Å². The van der Waals surface area contributed by atoms with E-state index in [2.05, 4.69) is 0 Å². The van der Waals surface area contributed by atoms with Gasteiger partial charge in [-0.2, -0.15) is 0 Å². The molecule has 1 amide bonds. The number of rotatable bonds is 4. The summed E-state index contributed by atoms with van der Waals surface area (Å²) in [5.74, 6) is -0.638. The Morgan fingerprint density at radius 1 is 1.35 bits per heavy atom. The van der Waals surface area contributed by atoms with Crippen LogP contribution in [0.1, 0.15) is 38.4 Å². The molecule has 0 aromatic heterocycles. The number of aliphatic hydroxyl groups is 1. The molecule has 5 heteroatoms. The van der Waals surface area contributed by atoms with Crippen molar-refractivity contribution in [2.24, 2.45) is 0 Å². The van der Waals surface area contributed by atoms with Gasteiger partial charge in [-0.1, -0.05) is 6.07 Å². The Morgan fingerprint density at radius 2 is 2.00 bits per heavy atom. The van der Waals surface area contributed by atoms with E-state index < -0.39 is 18.0 Å².